The van der Waals surface area contributed by atoms with Crippen molar-refractivity contribution in [2.75, 3.05) is 5.32 Å². The summed E-state index contributed by atoms with van der Waals surface area (Å²) in [5, 5.41) is 14.0. The van der Waals surface area contributed by atoms with Crippen molar-refractivity contribution in [3.05, 3.63) is 59.1 Å². The lowest BCUT2D eigenvalue weighted by Gasteiger charge is -2.14. The van der Waals surface area contributed by atoms with E-state index >= 15 is 0 Å². The second-order valence-corrected chi connectivity index (χ2v) is 6.00. The van der Waals surface area contributed by atoms with E-state index in [4.69, 9.17) is 4.52 Å². The van der Waals surface area contributed by atoms with Crippen LogP contribution in [-0.2, 0) is 0 Å². The minimum absolute atomic E-state index is 0.220. The van der Waals surface area contributed by atoms with Crippen LogP contribution in [0.15, 0.2) is 41.1 Å². The van der Waals surface area contributed by atoms with E-state index in [0.717, 1.165) is 22.5 Å². The highest BCUT2D eigenvalue weighted by atomic mass is 16.5. The summed E-state index contributed by atoms with van der Waals surface area (Å²) < 4.78 is 6.89. The molecule has 2 heterocycles. The lowest BCUT2D eigenvalue weighted by molar-refractivity contribution is 0.249. The number of benzene rings is 1. The number of aromatic nitrogens is 3. The smallest absolute Gasteiger partial charge is 0.320 e. The second-order valence-electron chi connectivity index (χ2n) is 6.00. The summed E-state index contributed by atoms with van der Waals surface area (Å²) >= 11 is 0. The monoisotopic (exact) mass is 339 g/mol. The quantitative estimate of drug-likeness (QED) is 0.759. The van der Waals surface area contributed by atoms with Crippen molar-refractivity contribution in [2.24, 2.45) is 0 Å². The molecule has 0 saturated carbocycles. The Morgan fingerprint density at radius 1 is 1.20 bits per heavy atom. The maximum atomic E-state index is 12.3. The molecule has 130 valence electrons. The second kappa shape index (κ2) is 6.80. The Morgan fingerprint density at radius 2 is 1.92 bits per heavy atom. The fourth-order valence-corrected chi connectivity index (χ4v) is 2.82. The molecule has 0 spiro atoms. The number of carbonyl (C=O) groups excluding carboxylic acids is 1. The van der Waals surface area contributed by atoms with E-state index in [1.807, 2.05) is 64.2 Å². The van der Waals surface area contributed by atoms with Crippen LogP contribution < -0.4 is 10.6 Å². The van der Waals surface area contributed by atoms with Crippen LogP contribution in [0.1, 0.15) is 35.5 Å². The normalized spacial score (nSPS) is 12.0. The first-order chi connectivity index (χ1) is 12.0. The van der Waals surface area contributed by atoms with E-state index in [0.29, 0.717) is 11.6 Å². The van der Waals surface area contributed by atoms with Gasteiger partial charge in [-0.15, -0.1) is 5.10 Å². The van der Waals surface area contributed by atoms with Gasteiger partial charge in [0.15, 0.2) is 5.82 Å². The van der Waals surface area contributed by atoms with Gasteiger partial charge in [-0.1, -0.05) is 23.4 Å². The largest absolute Gasteiger partial charge is 0.361 e. The van der Waals surface area contributed by atoms with Crippen LogP contribution in [0, 0.1) is 20.8 Å². The average molecular weight is 339 g/mol. The van der Waals surface area contributed by atoms with Gasteiger partial charge in [0.05, 0.1) is 17.4 Å². The van der Waals surface area contributed by atoms with E-state index < -0.39 is 0 Å². The van der Waals surface area contributed by atoms with Crippen LogP contribution in [0.5, 0.6) is 0 Å². The summed E-state index contributed by atoms with van der Waals surface area (Å²) in [6, 6.07) is 9.19. The SMILES string of the molecule is Cc1cn(-c2ccccc2)nc1NC(=O)N[C@@H](C)c1c(C)noc1C. The average Bonchev–Trinajstić information content (AvgIpc) is 3.11. The first kappa shape index (κ1) is 16.8. The zero-order chi connectivity index (χ0) is 18.0. The summed E-state index contributed by atoms with van der Waals surface area (Å²) in [5.41, 5.74) is 3.48. The van der Waals surface area contributed by atoms with E-state index in [9.17, 15) is 4.79 Å². The van der Waals surface area contributed by atoms with Gasteiger partial charge in [0.1, 0.15) is 5.76 Å². The van der Waals surface area contributed by atoms with Crippen molar-refractivity contribution in [1.82, 2.24) is 20.3 Å². The van der Waals surface area contributed by atoms with Gasteiger partial charge < -0.3 is 9.84 Å². The van der Waals surface area contributed by atoms with E-state index in [1.54, 1.807) is 4.68 Å². The molecule has 0 fully saturated rings. The summed E-state index contributed by atoms with van der Waals surface area (Å²) in [6.07, 6.45) is 1.88. The fourth-order valence-electron chi connectivity index (χ4n) is 2.82. The van der Waals surface area contributed by atoms with Crippen LogP contribution in [0.25, 0.3) is 5.69 Å². The molecule has 7 heteroatoms. The molecule has 3 rings (SSSR count). The van der Waals surface area contributed by atoms with Crippen LogP contribution in [0.3, 0.4) is 0 Å². The molecule has 0 saturated heterocycles. The Hall–Kier alpha value is -3.09. The van der Waals surface area contributed by atoms with Gasteiger partial charge >= 0.3 is 6.03 Å². The minimum Gasteiger partial charge on any atom is -0.361 e. The Labute approximate surface area is 146 Å². The molecule has 7 nitrogen and oxygen atoms in total. The number of anilines is 1. The van der Waals surface area contributed by atoms with E-state index in [-0.39, 0.29) is 12.1 Å². The first-order valence-electron chi connectivity index (χ1n) is 8.07. The molecular formula is C18H21N5O2. The molecule has 3 aromatic rings. The molecular weight excluding hydrogens is 318 g/mol. The molecule has 1 aromatic carbocycles. The van der Waals surface area contributed by atoms with Gasteiger partial charge in [-0.25, -0.2) is 9.48 Å². The minimum atomic E-state index is -0.325. The predicted octanol–water partition coefficient (Wildman–Crippen LogP) is 3.67. The zero-order valence-corrected chi connectivity index (χ0v) is 14.7. The Morgan fingerprint density at radius 3 is 2.56 bits per heavy atom. The molecule has 0 aliphatic carbocycles. The molecule has 2 aromatic heterocycles. The highest BCUT2D eigenvalue weighted by Crippen LogP contribution is 2.21. The van der Waals surface area contributed by atoms with Gasteiger partial charge in [0.2, 0.25) is 0 Å². The van der Waals surface area contributed by atoms with Crippen molar-refractivity contribution < 1.29 is 9.32 Å². The van der Waals surface area contributed by atoms with Gasteiger partial charge in [-0.3, -0.25) is 5.32 Å². The molecule has 2 amide bonds. The standard InChI is InChI=1S/C18H21N5O2/c1-11-10-23(15-8-6-5-7-9-15)21-17(11)20-18(24)19-12(2)16-13(3)22-25-14(16)4/h5-10,12H,1-4H3,(H2,19,20,21,24)/t12-/m0/s1. The zero-order valence-electron chi connectivity index (χ0n) is 14.7. The Kier molecular flexibility index (Phi) is 4.56. The van der Waals surface area contributed by atoms with Crippen molar-refractivity contribution in [3.63, 3.8) is 0 Å². The maximum Gasteiger partial charge on any atom is 0.320 e. The number of para-hydroxylation sites is 1. The molecule has 1 atom stereocenters. The van der Waals surface area contributed by atoms with Crippen molar-refractivity contribution in [3.8, 4) is 5.69 Å². The number of hydrogen-bond acceptors (Lipinski definition) is 4. The number of aryl methyl sites for hydroxylation is 3. The number of urea groups is 1. The Bertz CT molecular complexity index is 863. The van der Waals surface area contributed by atoms with E-state index in [1.165, 1.54) is 0 Å². The molecule has 2 N–H and O–H groups in total. The lowest BCUT2D eigenvalue weighted by atomic mass is 10.1. The number of nitrogens with one attached hydrogen (secondary N) is 2. The molecule has 0 radical (unpaired) electrons. The molecule has 0 unspecified atom stereocenters. The van der Waals surface area contributed by atoms with Gasteiger partial charge in [0.25, 0.3) is 0 Å². The number of nitrogens with zero attached hydrogens (tertiary/aromatic N) is 3. The van der Waals surface area contributed by atoms with Crippen molar-refractivity contribution >= 4 is 11.8 Å². The van der Waals surface area contributed by atoms with Crippen molar-refractivity contribution in [2.45, 2.75) is 33.7 Å². The van der Waals surface area contributed by atoms with Crippen LogP contribution in [-0.4, -0.2) is 21.0 Å². The highest BCUT2D eigenvalue weighted by Gasteiger charge is 2.19. The van der Waals surface area contributed by atoms with Gasteiger partial charge in [0, 0.05) is 17.3 Å². The topological polar surface area (TPSA) is 85.0 Å². The summed E-state index contributed by atoms with van der Waals surface area (Å²) in [4.78, 5) is 12.3. The molecule has 25 heavy (non-hydrogen) atoms. The van der Waals surface area contributed by atoms with Gasteiger partial charge in [-0.05, 0) is 39.8 Å². The number of amides is 2. The highest BCUT2D eigenvalue weighted by molar-refractivity contribution is 5.89. The maximum absolute atomic E-state index is 12.3. The molecule has 0 aliphatic heterocycles. The first-order valence-corrected chi connectivity index (χ1v) is 8.07. The third-order valence-corrected chi connectivity index (χ3v) is 4.02. The third kappa shape index (κ3) is 3.55. The lowest BCUT2D eigenvalue weighted by Crippen LogP contribution is -2.32. The van der Waals surface area contributed by atoms with Crippen LogP contribution in [0.4, 0.5) is 10.6 Å². The Balaban J connectivity index is 1.70. The molecule has 0 aliphatic rings. The third-order valence-electron chi connectivity index (χ3n) is 4.02. The summed E-state index contributed by atoms with van der Waals surface area (Å²) in [7, 11) is 0. The number of carbonyl (C=O) groups is 1. The number of rotatable bonds is 4. The fraction of sp³-hybridized carbons (Fsp3) is 0.278. The predicted molar refractivity (Wildman–Crippen MR) is 94.8 cm³/mol. The molecule has 0 bridgehead atoms. The van der Waals surface area contributed by atoms with Crippen LogP contribution in [0.2, 0.25) is 0 Å². The van der Waals surface area contributed by atoms with E-state index in [2.05, 4.69) is 20.9 Å². The van der Waals surface area contributed by atoms with Crippen molar-refractivity contribution in [1.29, 1.82) is 0 Å². The summed E-state index contributed by atoms with van der Waals surface area (Å²) in [6.45, 7) is 7.48. The van der Waals surface area contributed by atoms with Gasteiger partial charge in [-0.2, -0.15) is 0 Å². The van der Waals surface area contributed by atoms with Crippen LogP contribution >= 0.6 is 0 Å². The number of hydrogen-bond donors (Lipinski definition) is 2. The summed E-state index contributed by atoms with van der Waals surface area (Å²) in [5.74, 6) is 1.22.